The van der Waals surface area contributed by atoms with Gasteiger partial charge in [-0.15, -0.1) is 0 Å². The van der Waals surface area contributed by atoms with Gasteiger partial charge < -0.3 is 10.1 Å². The number of hydrogen-bond acceptors (Lipinski definition) is 6. The highest BCUT2D eigenvalue weighted by Crippen LogP contribution is 2.29. The molecule has 9 nitrogen and oxygen atoms in total. The Labute approximate surface area is 180 Å². The number of nitro benzene ring substituents is 1. The summed E-state index contributed by atoms with van der Waals surface area (Å²) in [5, 5.41) is 17.4. The Balaban J connectivity index is 1.97. The highest BCUT2D eigenvalue weighted by atomic mass is 16.6. The lowest BCUT2D eigenvalue weighted by Crippen LogP contribution is -2.22. The van der Waals surface area contributed by atoms with Gasteiger partial charge in [0, 0.05) is 17.3 Å². The number of ether oxygens (including phenoxy) is 1. The lowest BCUT2D eigenvalue weighted by atomic mass is 9.87. The number of hydrazone groups is 1. The molecule has 0 saturated heterocycles. The first-order valence-corrected chi connectivity index (χ1v) is 9.57. The smallest absolute Gasteiger partial charge is 0.273 e. The second kappa shape index (κ2) is 9.84. The van der Waals surface area contributed by atoms with Crippen LogP contribution in [0.5, 0.6) is 5.75 Å². The lowest BCUT2D eigenvalue weighted by molar-refractivity contribution is -0.384. The number of nitrogens with zero attached hydrogens (tertiary/aromatic N) is 2. The molecule has 9 heteroatoms. The van der Waals surface area contributed by atoms with E-state index < -0.39 is 10.8 Å². The second-order valence-corrected chi connectivity index (χ2v) is 7.98. The van der Waals surface area contributed by atoms with Gasteiger partial charge in [0.25, 0.3) is 11.6 Å². The van der Waals surface area contributed by atoms with Crippen LogP contribution in [-0.4, -0.2) is 29.6 Å². The average Bonchev–Trinajstić information content (AvgIpc) is 2.71. The molecule has 0 aliphatic rings. The minimum Gasteiger partial charge on any atom is -0.494 e. The van der Waals surface area contributed by atoms with Gasteiger partial charge in [-0.3, -0.25) is 19.7 Å². The number of methoxy groups -OCH3 is 1. The highest BCUT2D eigenvalue weighted by Gasteiger charge is 2.15. The minimum absolute atomic E-state index is 0.0105. The maximum Gasteiger partial charge on any atom is 0.273 e. The maximum atomic E-state index is 12.3. The lowest BCUT2D eigenvalue weighted by Gasteiger charge is -2.18. The molecule has 0 heterocycles. The average molecular weight is 426 g/mol. The first-order chi connectivity index (χ1) is 14.5. The van der Waals surface area contributed by atoms with Gasteiger partial charge in [-0.05, 0) is 36.1 Å². The second-order valence-electron chi connectivity index (χ2n) is 7.98. The van der Waals surface area contributed by atoms with Gasteiger partial charge >= 0.3 is 0 Å². The highest BCUT2D eigenvalue weighted by molar-refractivity contribution is 6.06. The monoisotopic (exact) mass is 426 g/mol. The first kappa shape index (κ1) is 23.5. The zero-order chi connectivity index (χ0) is 23.2. The van der Waals surface area contributed by atoms with Crippen LogP contribution in [0, 0.1) is 10.1 Å². The summed E-state index contributed by atoms with van der Waals surface area (Å²) in [6.07, 6.45) is -0.0800. The molecule has 31 heavy (non-hydrogen) atoms. The van der Waals surface area contributed by atoms with E-state index >= 15 is 0 Å². The van der Waals surface area contributed by atoms with E-state index in [4.69, 9.17) is 4.74 Å². The summed E-state index contributed by atoms with van der Waals surface area (Å²) in [5.41, 5.74) is 4.54. The third-order valence-electron chi connectivity index (χ3n) is 4.45. The fourth-order valence-corrected chi connectivity index (χ4v) is 2.70. The number of nitro groups is 1. The number of carbonyl (C=O) groups is 2. The summed E-state index contributed by atoms with van der Waals surface area (Å²) < 4.78 is 5.09. The Hall–Kier alpha value is -3.75. The largest absolute Gasteiger partial charge is 0.494 e. The van der Waals surface area contributed by atoms with Crippen LogP contribution in [0.1, 0.15) is 50.0 Å². The van der Waals surface area contributed by atoms with E-state index in [0.717, 1.165) is 5.56 Å². The van der Waals surface area contributed by atoms with Gasteiger partial charge in [0.2, 0.25) is 5.91 Å². The number of nitrogens with one attached hydrogen (secondary N) is 2. The summed E-state index contributed by atoms with van der Waals surface area (Å²) >= 11 is 0. The van der Waals surface area contributed by atoms with Gasteiger partial charge in [-0.1, -0.05) is 32.9 Å². The molecule has 0 unspecified atom stereocenters. The molecule has 2 aromatic rings. The van der Waals surface area contributed by atoms with Crippen molar-refractivity contribution in [2.24, 2.45) is 5.10 Å². The Morgan fingerprint density at radius 2 is 1.77 bits per heavy atom. The van der Waals surface area contributed by atoms with E-state index in [-0.39, 0.29) is 29.2 Å². The molecule has 0 aliphatic heterocycles. The first-order valence-electron chi connectivity index (χ1n) is 9.57. The summed E-state index contributed by atoms with van der Waals surface area (Å²) in [6, 6.07) is 11.1. The van der Waals surface area contributed by atoms with Crippen LogP contribution < -0.4 is 15.5 Å². The van der Waals surface area contributed by atoms with E-state index in [1.54, 1.807) is 19.1 Å². The molecule has 0 spiro atoms. The molecule has 0 aromatic heterocycles. The Morgan fingerprint density at radius 3 is 2.32 bits per heavy atom. The van der Waals surface area contributed by atoms with Crippen molar-refractivity contribution in [3.63, 3.8) is 0 Å². The van der Waals surface area contributed by atoms with E-state index in [1.807, 2.05) is 12.1 Å². The Kier molecular flexibility index (Phi) is 7.47. The Morgan fingerprint density at radius 1 is 1.13 bits per heavy atom. The number of anilines is 1. The molecule has 0 aliphatic carbocycles. The normalized spacial score (nSPS) is 11.6. The number of hydrogen-bond donors (Lipinski definition) is 2. The minimum atomic E-state index is -0.551. The zero-order valence-corrected chi connectivity index (χ0v) is 18.2. The van der Waals surface area contributed by atoms with E-state index in [0.29, 0.717) is 17.0 Å². The van der Waals surface area contributed by atoms with Crippen LogP contribution in [0.4, 0.5) is 11.4 Å². The van der Waals surface area contributed by atoms with Crippen LogP contribution >= 0.6 is 0 Å². The van der Waals surface area contributed by atoms with Crippen LogP contribution in [0.25, 0.3) is 0 Å². The van der Waals surface area contributed by atoms with E-state index in [2.05, 4.69) is 36.6 Å². The maximum absolute atomic E-state index is 12.3. The van der Waals surface area contributed by atoms with Crippen molar-refractivity contribution >= 4 is 28.9 Å². The van der Waals surface area contributed by atoms with Gasteiger partial charge in [0.05, 0.1) is 30.2 Å². The molecule has 2 rings (SSSR count). The number of benzene rings is 2. The van der Waals surface area contributed by atoms with Gasteiger partial charge in [0.1, 0.15) is 5.75 Å². The topological polar surface area (TPSA) is 123 Å². The fourth-order valence-electron chi connectivity index (χ4n) is 2.70. The Bertz CT molecular complexity index is 1010. The third kappa shape index (κ3) is 6.63. The van der Waals surface area contributed by atoms with Crippen molar-refractivity contribution in [3.05, 3.63) is 63.7 Å². The molecule has 0 fully saturated rings. The molecule has 2 amide bonds. The molecular weight excluding hydrogens is 400 g/mol. The SMILES string of the molecule is COc1cc([N+](=O)[O-])ccc1NC(=O)C/C(C)=N\NC(=O)c1ccc(C(C)(C)C)cc1. The van der Waals surface area contributed by atoms with Crippen LogP contribution in [-0.2, 0) is 10.2 Å². The molecule has 164 valence electrons. The molecule has 0 radical (unpaired) electrons. The van der Waals surface area contributed by atoms with Crippen molar-refractivity contribution in [2.45, 2.75) is 39.5 Å². The van der Waals surface area contributed by atoms with E-state index in [1.165, 1.54) is 25.3 Å². The molecule has 0 bridgehead atoms. The van der Waals surface area contributed by atoms with Crippen LogP contribution in [0.15, 0.2) is 47.6 Å². The third-order valence-corrected chi connectivity index (χ3v) is 4.45. The van der Waals surface area contributed by atoms with Gasteiger partial charge in [0.15, 0.2) is 0 Å². The number of rotatable bonds is 7. The summed E-state index contributed by atoms with van der Waals surface area (Å²) in [6.45, 7) is 7.88. The van der Waals surface area contributed by atoms with E-state index in [9.17, 15) is 19.7 Å². The number of carbonyl (C=O) groups excluding carboxylic acids is 2. The van der Waals surface area contributed by atoms with Crippen molar-refractivity contribution < 1.29 is 19.2 Å². The number of non-ortho nitro benzene ring substituents is 1. The predicted octanol–water partition coefficient (Wildman–Crippen LogP) is 4.04. The summed E-state index contributed by atoms with van der Waals surface area (Å²) in [4.78, 5) is 34.8. The standard InChI is InChI=1S/C22H26N4O5/c1-14(24-25-21(28)15-6-8-16(9-7-15)22(2,3)4)12-20(27)23-18-11-10-17(26(29)30)13-19(18)31-5/h6-11,13H,12H2,1-5H3,(H,23,27)(H,25,28)/b24-14-. The molecule has 0 saturated carbocycles. The number of amides is 2. The van der Waals surface area contributed by atoms with Gasteiger partial charge in [-0.25, -0.2) is 5.43 Å². The van der Waals surface area contributed by atoms with Crippen molar-refractivity contribution in [1.29, 1.82) is 0 Å². The molecule has 0 atom stereocenters. The van der Waals surface area contributed by atoms with Crippen molar-refractivity contribution in [1.82, 2.24) is 5.43 Å². The zero-order valence-electron chi connectivity index (χ0n) is 18.2. The fraction of sp³-hybridized carbons (Fsp3) is 0.318. The van der Waals surface area contributed by atoms with Crippen LogP contribution in [0.3, 0.4) is 0 Å². The predicted molar refractivity (Wildman–Crippen MR) is 119 cm³/mol. The molecule has 2 N–H and O–H groups in total. The van der Waals surface area contributed by atoms with Crippen molar-refractivity contribution in [2.75, 3.05) is 12.4 Å². The molecule has 2 aromatic carbocycles. The van der Waals surface area contributed by atoms with Gasteiger partial charge in [-0.2, -0.15) is 5.10 Å². The summed E-state index contributed by atoms with van der Waals surface area (Å²) in [7, 11) is 1.35. The molecular formula is C22H26N4O5. The van der Waals surface area contributed by atoms with Crippen LogP contribution in [0.2, 0.25) is 0 Å². The summed E-state index contributed by atoms with van der Waals surface area (Å²) in [5.74, 6) is -0.612. The quantitative estimate of drug-likeness (QED) is 0.393. The van der Waals surface area contributed by atoms with Crippen molar-refractivity contribution in [3.8, 4) is 5.75 Å².